The van der Waals surface area contributed by atoms with Gasteiger partial charge < -0.3 is 9.84 Å². The third-order valence-corrected chi connectivity index (χ3v) is 3.24. The molecular formula is C15H13N5O3. The molecule has 0 saturated heterocycles. The third-order valence-electron chi connectivity index (χ3n) is 3.24. The Labute approximate surface area is 131 Å². The number of hydrogen-bond donors (Lipinski definition) is 1. The smallest absolute Gasteiger partial charge is 0.311 e. The topological polar surface area (TPSA) is 107 Å². The van der Waals surface area contributed by atoms with E-state index in [1.54, 1.807) is 0 Å². The van der Waals surface area contributed by atoms with Gasteiger partial charge in [0.25, 0.3) is 5.89 Å². The Morgan fingerprint density at radius 1 is 1.26 bits per heavy atom. The van der Waals surface area contributed by atoms with Gasteiger partial charge in [0, 0.05) is 17.8 Å². The molecule has 2 aromatic heterocycles. The molecule has 3 rings (SSSR count). The van der Waals surface area contributed by atoms with Gasteiger partial charge in [-0.2, -0.15) is 4.98 Å². The SMILES string of the molecule is Cc1ccccc1-c1nc(CNc2ncccc2[N+](=O)[O-])no1. The highest BCUT2D eigenvalue weighted by atomic mass is 16.6. The molecule has 1 aromatic carbocycles. The molecule has 0 atom stereocenters. The summed E-state index contributed by atoms with van der Waals surface area (Å²) < 4.78 is 5.24. The van der Waals surface area contributed by atoms with Crippen molar-refractivity contribution in [2.45, 2.75) is 13.5 Å². The van der Waals surface area contributed by atoms with Crippen LogP contribution in [0.25, 0.3) is 11.5 Å². The summed E-state index contributed by atoms with van der Waals surface area (Å²) in [5.41, 5.74) is 1.78. The number of nitro groups is 1. The van der Waals surface area contributed by atoms with Crippen molar-refractivity contribution in [2.75, 3.05) is 5.32 Å². The molecule has 23 heavy (non-hydrogen) atoms. The van der Waals surface area contributed by atoms with Crippen molar-refractivity contribution in [3.8, 4) is 11.5 Å². The fraction of sp³-hybridized carbons (Fsp3) is 0.133. The second-order valence-corrected chi connectivity index (χ2v) is 4.81. The molecule has 2 heterocycles. The lowest BCUT2D eigenvalue weighted by Crippen LogP contribution is -2.05. The third kappa shape index (κ3) is 3.15. The summed E-state index contributed by atoms with van der Waals surface area (Å²) in [6.45, 7) is 2.13. The maximum atomic E-state index is 10.9. The molecule has 0 bridgehead atoms. The van der Waals surface area contributed by atoms with E-state index >= 15 is 0 Å². The monoisotopic (exact) mass is 311 g/mol. The van der Waals surface area contributed by atoms with Crippen molar-refractivity contribution in [1.29, 1.82) is 0 Å². The van der Waals surface area contributed by atoms with Crippen LogP contribution in [0.5, 0.6) is 0 Å². The van der Waals surface area contributed by atoms with Crippen molar-refractivity contribution < 1.29 is 9.45 Å². The molecule has 0 saturated carbocycles. The van der Waals surface area contributed by atoms with E-state index in [9.17, 15) is 10.1 Å². The summed E-state index contributed by atoms with van der Waals surface area (Å²) in [5.74, 6) is 0.971. The van der Waals surface area contributed by atoms with Crippen LogP contribution in [0.2, 0.25) is 0 Å². The van der Waals surface area contributed by atoms with Crippen LogP contribution in [0.3, 0.4) is 0 Å². The van der Waals surface area contributed by atoms with Crippen LogP contribution < -0.4 is 5.32 Å². The Hall–Kier alpha value is -3.29. The average molecular weight is 311 g/mol. The number of aryl methyl sites for hydroxylation is 1. The van der Waals surface area contributed by atoms with E-state index in [2.05, 4.69) is 20.4 Å². The molecule has 3 aromatic rings. The number of nitrogens with one attached hydrogen (secondary N) is 1. The Kier molecular flexibility index (Phi) is 3.96. The van der Waals surface area contributed by atoms with Gasteiger partial charge in [-0.1, -0.05) is 23.4 Å². The Morgan fingerprint density at radius 3 is 2.87 bits per heavy atom. The number of hydrogen-bond acceptors (Lipinski definition) is 7. The van der Waals surface area contributed by atoms with Crippen LogP contribution in [0.4, 0.5) is 11.5 Å². The van der Waals surface area contributed by atoms with Gasteiger partial charge in [-0.3, -0.25) is 10.1 Å². The first-order valence-electron chi connectivity index (χ1n) is 6.87. The summed E-state index contributed by atoms with van der Waals surface area (Å²) in [6, 6.07) is 10.6. The first kappa shape index (κ1) is 14.6. The Morgan fingerprint density at radius 2 is 2.09 bits per heavy atom. The van der Waals surface area contributed by atoms with E-state index in [-0.39, 0.29) is 18.1 Å². The maximum absolute atomic E-state index is 10.9. The Bertz CT molecular complexity index is 846. The molecule has 8 heteroatoms. The van der Waals surface area contributed by atoms with Gasteiger partial charge in [-0.05, 0) is 24.6 Å². The van der Waals surface area contributed by atoms with Crippen LogP contribution in [-0.4, -0.2) is 20.0 Å². The van der Waals surface area contributed by atoms with Crippen LogP contribution >= 0.6 is 0 Å². The molecule has 0 unspecified atom stereocenters. The first-order chi connectivity index (χ1) is 11.1. The molecule has 0 spiro atoms. The van der Waals surface area contributed by atoms with Gasteiger partial charge in [0.15, 0.2) is 5.82 Å². The lowest BCUT2D eigenvalue weighted by Gasteiger charge is -2.02. The fourth-order valence-electron chi connectivity index (χ4n) is 2.09. The predicted molar refractivity (Wildman–Crippen MR) is 82.7 cm³/mol. The first-order valence-corrected chi connectivity index (χ1v) is 6.87. The molecule has 0 aliphatic heterocycles. The summed E-state index contributed by atoms with van der Waals surface area (Å²) in [5, 5.41) is 17.7. The lowest BCUT2D eigenvalue weighted by molar-refractivity contribution is -0.384. The number of pyridine rings is 1. The van der Waals surface area contributed by atoms with E-state index in [1.807, 2.05) is 31.2 Å². The number of nitrogens with zero attached hydrogens (tertiary/aromatic N) is 4. The molecule has 1 N–H and O–H groups in total. The molecule has 0 amide bonds. The minimum absolute atomic E-state index is 0.102. The summed E-state index contributed by atoms with van der Waals surface area (Å²) in [6.07, 6.45) is 1.48. The number of benzene rings is 1. The zero-order valence-electron chi connectivity index (χ0n) is 12.3. The second kappa shape index (κ2) is 6.22. The molecular weight excluding hydrogens is 298 g/mol. The summed E-state index contributed by atoms with van der Waals surface area (Å²) in [7, 11) is 0. The average Bonchev–Trinajstić information content (AvgIpc) is 3.02. The quantitative estimate of drug-likeness (QED) is 0.570. The molecule has 0 fully saturated rings. The molecule has 8 nitrogen and oxygen atoms in total. The molecule has 0 aliphatic carbocycles. The maximum Gasteiger partial charge on any atom is 0.311 e. The number of anilines is 1. The van der Waals surface area contributed by atoms with Gasteiger partial charge in [0.1, 0.15) is 0 Å². The van der Waals surface area contributed by atoms with Crippen LogP contribution in [-0.2, 0) is 6.54 Å². The van der Waals surface area contributed by atoms with E-state index in [1.165, 1.54) is 18.3 Å². The predicted octanol–water partition coefficient (Wildman–Crippen LogP) is 2.96. The van der Waals surface area contributed by atoms with Crippen LogP contribution in [0.1, 0.15) is 11.4 Å². The Balaban J connectivity index is 1.76. The highest BCUT2D eigenvalue weighted by Gasteiger charge is 2.15. The standard InChI is InChI=1S/C15H13N5O3/c1-10-5-2-3-6-11(10)15-18-13(19-23-15)9-17-14-12(20(21)22)7-4-8-16-14/h2-8H,9H2,1H3,(H,16,17). The molecule has 0 aliphatic rings. The minimum atomic E-state index is -0.496. The molecule has 116 valence electrons. The number of rotatable bonds is 5. The molecule has 0 radical (unpaired) electrons. The van der Waals surface area contributed by atoms with Gasteiger partial charge in [-0.15, -0.1) is 0 Å². The van der Waals surface area contributed by atoms with Gasteiger partial charge in [0.05, 0.1) is 11.5 Å². The van der Waals surface area contributed by atoms with Crippen LogP contribution in [0.15, 0.2) is 47.1 Å². The van der Waals surface area contributed by atoms with Gasteiger partial charge >= 0.3 is 5.69 Å². The zero-order valence-corrected chi connectivity index (χ0v) is 12.3. The highest BCUT2D eigenvalue weighted by Crippen LogP contribution is 2.23. The number of aromatic nitrogens is 3. The second-order valence-electron chi connectivity index (χ2n) is 4.81. The lowest BCUT2D eigenvalue weighted by atomic mass is 10.1. The van der Waals surface area contributed by atoms with Crippen LogP contribution in [0, 0.1) is 17.0 Å². The van der Waals surface area contributed by atoms with Gasteiger partial charge in [0.2, 0.25) is 5.82 Å². The zero-order chi connectivity index (χ0) is 16.2. The fourth-order valence-corrected chi connectivity index (χ4v) is 2.09. The van der Waals surface area contributed by atoms with Crippen molar-refractivity contribution in [2.24, 2.45) is 0 Å². The van der Waals surface area contributed by atoms with Gasteiger partial charge in [-0.25, -0.2) is 4.98 Å². The van der Waals surface area contributed by atoms with E-state index in [0.29, 0.717) is 11.7 Å². The van der Waals surface area contributed by atoms with E-state index < -0.39 is 4.92 Å². The van der Waals surface area contributed by atoms with Crippen molar-refractivity contribution in [1.82, 2.24) is 15.1 Å². The van der Waals surface area contributed by atoms with Crippen molar-refractivity contribution >= 4 is 11.5 Å². The normalized spacial score (nSPS) is 10.5. The summed E-state index contributed by atoms with van der Waals surface area (Å²) >= 11 is 0. The van der Waals surface area contributed by atoms with Crippen molar-refractivity contribution in [3.63, 3.8) is 0 Å². The minimum Gasteiger partial charge on any atom is -0.357 e. The van der Waals surface area contributed by atoms with Crippen molar-refractivity contribution in [3.05, 3.63) is 64.1 Å². The highest BCUT2D eigenvalue weighted by molar-refractivity contribution is 5.58. The largest absolute Gasteiger partial charge is 0.357 e. The summed E-state index contributed by atoms with van der Waals surface area (Å²) in [4.78, 5) is 18.7. The van der Waals surface area contributed by atoms with E-state index in [0.717, 1.165) is 11.1 Å². The van der Waals surface area contributed by atoms with E-state index in [4.69, 9.17) is 4.52 Å².